The molecule has 0 spiro atoms. The molecular formula is C17H35IN4O. The van der Waals surface area contributed by atoms with Crippen molar-refractivity contribution >= 4 is 35.8 Å². The first-order valence-corrected chi connectivity index (χ1v) is 9.01. The van der Waals surface area contributed by atoms with Crippen LogP contribution < -0.4 is 16.0 Å². The summed E-state index contributed by atoms with van der Waals surface area (Å²) in [4.78, 5) is 16.4. The van der Waals surface area contributed by atoms with Crippen molar-refractivity contribution in [2.45, 2.75) is 71.8 Å². The van der Waals surface area contributed by atoms with Gasteiger partial charge < -0.3 is 16.0 Å². The minimum atomic E-state index is 0. The highest BCUT2D eigenvalue weighted by Gasteiger charge is 2.15. The maximum absolute atomic E-state index is 12.0. The summed E-state index contributed by atoms with van der Waals surface area (Å²) in [6, 6.07) is 0.358. The number of aliphatic imine (C=N–C) groups is 1. The normalized spacial score (nSPS) is 15.9. The first-order valence-electron chi connectivity index (χ1n) is 9.01. The molecule has 0 aromatic heterocycles. The first kappa shape index (κ1) is 22.5. The van der Waals surface area contributed by atoms with Gasteiger partial charge in [0.1, 0.15) is 6.54 Å². The molecule has 3 N–H and O–H groups in total. The zero-order valence-corrected chi connectivity index (χ0v) is 17.3. The van der Waals surface area contributed by atoms with Gasteiger partial charge in [0.25, 0.3) is 0 Å². The van der Waals surface area contributed by atoms with E-state index in [9.17, 15) is 4.79 Å². The molecule has 0 saturated heterocycles. The molecule has 1 aliphatic carbocycles. The molecule has 5 nitrogen and oxygen atoms in total. The van der Waals surface area contributed by atoms with Crippen LogP contribution in [0.2, 0.25) is 0 Å². The maximum Gasteiger partial charge on any atom is 0.242 e. The largest absolute Gasteiger partial charge is 0.357 e. The summed E-state index contributed by atoms with van der Waals surface area (Å²) < 4.78 is 0. The molecule has 1 aliphatic rings. The lowest BCUT2D eigenvalue weighted by atomic mass is 9.95. The molecule has 1 fully saturated rings. The van der Waals surface area contributed by atoms with E-state index in [1.165, 1.54) is 19.3 Å². The van der Waals surface area contributed by atoms with Crippen LogP contribution in [-0.2, 0) is 4.79 Å². The smallest absolute Gasteiger partial charge is 0.242 e. The fourth-order valence-electron chi connectivity index (χ4n) is 2.83. The molecule has 6 heteroatoms. The predicted octanol–water partition coefficient (Wildman–Crippen LogP) is 3.04. The van der Waals surface area contributed by atoms with Crippen molar-refractivity contribution in [2.24, 2.45) is 10.9 Å². The van der Waals surface area contributed by atoms with Crippen molar-refractivity contribution in [2.75, 3.05) is 19.6 Å². The van der Waals surface area contributed by atoms with Crippen molar-refractivity contribution in [3.05, 3.63) is 0 Å². The van der Waals surface area contributed by atoms with Gasteiger partial charge in [-0.25, -0.2) is 4.99 Å². The highest BCUT2D eigenvalue weighted by atomic mass is 127. The second-order valence-corrected chi connectivity index (χ2v) is 6.16. The van der Waals surface area contributed by atoms with E-state index in [0.717, 1.165) is 44.7 Å². The number of guanidine groups is 1. The lowest BCUT2D eigenvalue weighted by molar-refractivity contribution is -0.120. The topological polar surface area (TPSA) is 65.5 Å². The van der Waals surface area contributed by atoms with Crippen molar-refractivity contribution in [1.82, 2.24) is 16.0 Å². The molecule has 0 heterocycles. The quantitative estimate of drug-likeness (QED) is 0.310. The molecule has 0 radical (unpaired) electrons. The molecule has 136 valence electrons. The Balaban J connectivity index is 0.00000484. The predicted molar refractivity (Wildman–Crippen MR) is 108 cm³/mol. The van der Waals surface area contributed by atoms with Crippen molar-refractivity contribution in [3.8, 4) is 0 Å². The number of carbonyl (C=O) groups excluding carboxylic acids is 1. The standard InChI is InChI=1S/C17H34N4O.HI/c1-4-14(5-2)12-19-17(18-6-3)20-13-16(22)21-15-10-8-7-9-11-15;/h14-15H,4-13H2,1-3H3,(H,21,22)(H2,18,19,20);1H. The van der Waals surface area contributed by atoms with Gasteiger partial charge in [0.2, 0.25) is 5.91 Å². The number of hydrogen-bond acceptors (Lipinski definition) is 2. The molecular weight excluding hydrogens is 403 g/mol. The lowest BCUT2D eigenvalue weighted by Gasteiger charge is -2.22. The van der Waals surface area contributed by atoms with E-state index in [1.807, 2.05) is 6.92 Å². The molecule has 0 unspecified atom stereocenters. The van der Waals surface area contributed by atoms with Crippen LogP contribution in [0.5, 0.6) is 0 Å². The molecule has 0 aromatic rings. The second-order valence-electron chi connectivity index (χ2n) is 6.16. The molecule has 1 saturated carbocycles. The van der Waals surface area contributed by atoms with Crippen molar-refractivity contribution < 1.29 is 4.79 Å². The van der Waals surface area contributed by atoms with Gasteiger partial charge in [0.05, 0.1) is 0 Å². The van der Waals surface area contributed by atoms with Crippen LogP contribution in [0.1, 0.15) is 65.7 Å². The summed E-state index contributed by atoms with van der Waals surface area (Å²) in [6.45, 7) is 8.36. The Morgan fingerprint density at radius 1 is 1.09 bits per heavy atom. The summed E-state index contributed by atoms with van der Waals surface area (Å²) >= 11 is 0. The third-order valence-electron chi connectivity index (χ3n) is 4.41. The van der Waals surface area contributed by atoms with E-state index in [1.54, 1.807) is 0 Å². The number of nitrogens with one attached hydrogen (secondary N) is 3. The number of hydrogen-bond donors (Lipinski definition) is 3. The number of halogens is 1. The summed E-state index contributed by atoms with van der Waals surface area (Å²) in [6.07, 6.45) is 8.30. The molecule has 0 bridgehead atoms. The first-order chi connectivity index (χ1) is 10.7. The summed E-state index contributed by atoms with van der Waals surface area (Å²) in [5, 5.41) is 9.65. The molecule has 1 amide bonds. The van der Waals surface area contributed by atoms with Gasteiger partial charge in [-0.05, 0) is 25.7 Å². The average Bonchev–Trinajstić information content (AvgIpc) is 2.54. The summed E-state index contributed by atoms with van der Waals surface area (Å²) in [5.74, 6) is 1.43. The Kier molecular flexibility index (Phi) is 13.5. The van der Waals surface area contributed by atoms with Gasteiger partial charge >= 0.3 is 0 Å². The molecule has 0 atom stereocenters. The third kappa shape index (κ3) is 10.0. The molecule has 23 heavy (non-hydrogen) atoms. The van der Waals surface area contributed by atoms with E-state index >= 15 is 0 Å². The average molecular weight is 438 g/mol. The Morgan fingerprint density at radius 2 is 1.74 bits per heavy atom. The minimum absolute atomic E-state index is 0. The Hall–Kier alpha value is -0.530. The van der Waals surface area contributed by atoms with E-state index in [4.69, 9.17) is 0 Å². The highest BCUT2D eigenvalue weighted by Crippen LogP contribution is 2.17. The number of amides is 1. The van der Waals surface area contributed by atoms with Crippen molar-refractivity contribution in [3.63, 3.8) is 0 Å². The van der Waals surface area contributed by atoms with E-state index in [2.05, 4.69) is 34.8 Å². The Bertz CT molecular complexity index is 339. The van der Waals surface area contributed by atoms with Crippen LogP contribution in [-0.4, -0.2) is 37.5 Å². The van der Waals surface area contributed by atoms with Crippen molar-refractivity contribution in [1.29, 1.82) is 0 Å². The van der Waals surface area contributed by atoms with Gasteiger partial charge in [-0.15, -0.1) is 24.0 Å². The van der Waals surface area contributed by atoms with Crippen LogP contribution in [0.4, 0.5) is 0 Å². The van der Waals surface area contributed by atoms with E-state index in [-0.39, 0.29) is 36.4 Å². The molecule has 0 aromatic carbocycles. The summed E-state index contributed by atoms with van der Waals surface area (Å²) in [5.41, 5.74) is 0. The van der Waals surface area contributed by atoms with Crippen LogP contribution in [0.25, 0.3) is 0 Å². The van der Waals surface area contributed by atoms with Gasteiger partial charge in [0, 0.05) is 19.1 Å². The Morgan fingerprint density at radius 3 is 2.30 bits per heavy atom. The second kappa shape index (κ2) is 13.9. The highest BCUT2D eigenvalue weighted by molar-refractivity contribution is 14.0. The maximum atomic E-state index is 12.0. The van der Waals surface area contributed by atoms with E-state index < -0.39 is 0 Å². The van der Waals surface area contributed by atoms with Crippen LogP contribution in [0.15, 0.2) is 4.99 Å². The number of rotatable bonds is 8. The van der Waals surface area contributed by atoms with Crippen LogP contribution in [0, 0.1) is 5.92 Å². The zero-order chi connectivity index (χ0) is 16.2. The SMILES string of the molecule is CCNC(=NCC(=O)NC1CCCCC1)NCC(CC)CC.I. The zero-order valence-electron chi connectivity index (χ0n) is 15.0. The Labute approximate surface area is 158 Å². The monoisotopic (exact) mass is 438 g/mol. The van der Waals surface area contributed by atoms with Gasteiger partial charge in [0.15, 0.2) is 5.96 Å². The number of nitrogens with zero attached hydrogens (tertiary/aromatic N) is 1. The minimum Gasteiger partial charge on any atom is -0.357 e. The van der Waals surface area contributed by atoms with Gasteiger partial charge in [-0.3, -0.25) is 4.79 Å². The lowest BCUT2D eigenvalue weighted by Crippen LogP contribution is -2.41. The summed E-state index contributed by atoms with van der Waals surface area (Å²) in [7, 11) is 0. The van der Waals surface area contributed by atoms with Crippen LogP contribution >= 0.6 is 24.0 Å². The fourth-order valence-corrected chi connectivity index (χ4v) is 2.83. The van der Waals surface area contributed by atoms with Gasteiger partial charge in [-0.2, -0.15) is 0 Å². The fraction of sp³-hybridized carbons (Fsp3) is 0.882. The van der Waals surface area contributed by atoms with Crippen LogP contribution in [0.3, 0.4) is 0 Å². The third-order valence-corrected chi connectivity index (χ3v) is 4.41. The molecule has 1 rings (SSSR count). The van der Waals surface area contributed by atoms with E-state index in [0.29, 0.717) is 12.0 Å². The molecule has 0 aliphatic heterocycles. The number of carbonyl (C=O) groups is 1. The van der Waals surface area contributed by atoms with Gasteiger partial charge in [-0.1, -0.05) is 46.0 Å².